The maximum atomic E-state index is 11.3. The van der Waals surface area contributed by atoms with Gasteiger partial charge in [0, 0.05) is 6.21 Å². The van der Waals surface area contributed by atoms with Crippen LogP contribution in [0.15, 0.2) is 5.16 Å². The van der Waals surface area contributed by atoms with E-state index < -0.39 is 12.8 Å². The molecule has 0 amide bonds. The average Bonchev–Trinajstić information content (AvgIpc) is 1.85. The van der Waals surface area contributed by atoms with E-state index in [2.05, 4.69) is 9.99 Å². The summed E-state index contributed by atoms with van der Waals surface area (Å²) in [5, 5.41) is 3.02. The zero-order valence-electron chi connectivity index (χ0n) is 5.77. The molecule has 0 aromatic carbocycles. The fraction of sp³-hybridized carbons (Fsp3) is 0.800. The summed E-state index contributed by atoms with van der Waals surface area (Å²) in [7, 11) is 0. The summed E-state index contributed by atoms with van der Waals surface area (Å²) in [6, 6.07) is 0. The highest BCUT2D eigenvalue weighted by atomic mass is 19.4. The molecular formula is C5H9F3N2O. The predicted octanol–water partition coefficient (Wildman–Crippen LogP) is 0.900. The second-order valence-corrected chi connectivity index (χ2v) is 1.75. The molecule has 0 bridgehead atoms. The van der Waals surface area contributed by atoms with Crippen LogP contribution in [0.1, 0.15) is 6.42 Å². The normalized spacial score (nSPS) is 12.4. The van der Waals surface area contributed by atoms with Crippen molar-refractivity contribution in [3.8, 4) is 0 Å². The largest absolute Gasteiger partial charge is 0.425 e. The highest BCUT2D eigenvalue weighted by Crippen LogP contribution is 2.14. The molecule has 0 aliphatic heterocycles. The standard InChI is InChI=1S/C5H9F3N2O/c6-5(7,8)4-11-10-3-1-2-9/h3H,1-2,4,9H2/b10-3+. The van der Waals surface area contributed by atoms with Crippen LogP contribution in [0.3, 0.4) is 0 Å². The van der Waals surface area contributed by atoms with E-state index >= 15 is 0 Å². The SMILES string of the molecule is NCC/C=N/OCC(F)(F)F. The van der Waals surface area contributed by atoms with E-state index in [9.17, 15) is 13.2 Å². The molecule has 0 atom stereocenters. The lowest BCUT2D eigenvalue weighted by molar-refractivity contribution is -0.173. The van der Waals surface area contributed by atoms with Crippen LogP contribution >= 0.6 is 0 Å². The molecule has 0 aromatic heterocycles. The number of nitrogens with zero attached hydrogens (tertiary/aromatic N) is 1. The fourth-order valence-corrected chi connectivity index (χ4v) is 0.290. The number of halogens is 3. The second kappa shape index (κ2) is 4.95. The van der Waals surface area contributed by atoms with Gasteiger partial charge in [0.15, 0.2) is 0 Å². The van der Waals surface area contributed by atoms with Crippen LogP contribution < -0.4 is 5.73 Å². The van der Waals surface area contributed by atoms with Crippen molar-refractivity contribution in [3.63, 3.8) is 0 Å². The van der Waals surface area contributed by atoms with Gasteiger partial charge in [0.25, 0.3) is 0 Å². The molecule has 0 fully saturated rings. The molecule has 0 aliphatic rings. The molecule has 2 N–H and O–H groups in total. The van der Waals surface area contributed by atoms with Crippen LogP contribution in [-0.2, 0) is 4.84 Å². The van der Waals surface area contributed by atoms with Crippen LogP contribution in [0.5, 0.6) is 0 Å². The minimum atomic E-state index is -4.32. The minimum absolute atomic E-state index is 0.346. The molecule has 66 valence electrons. The Labute approximate surface area is 62.0 Å². The summed E-state index contributed by atoms with van der Waals surface area (Å²) in [5.41, 5.74) is 5.03. The zero-order valence-corrected chi connectivity index (χ0v) is 5.77. The van der Waals surface area contributed by atoms with E-state index in [1.807, 2.05) is 0 Å². The third kappa shape index (κ3) is 9.22. The van der Waals surface area contributed by atoms with Crippen LogP contribution in [0.4, 0.5) is 13.2 Å². The number of oxime groups is 1. The van der Waals surface area contributed by atoms with Gasteiger partial charge in [-0.15, -0.1) is 0 Å². The number of hydrogen-bond donors (Lipinski definition) is 1. The summed E-state index contributed by atoms with van der Waals surface area (Å²) in [6.07, 6.45) is -2.70. The number of nitrogens with two attached hydrogens (primary N) is 1. The monoisotopic (exact) mass is 170 g/mol. The molecule has 0 heterocycles. The first-order valence-corrected chi connectivity index (χ1v) is 2.97. The van der Waals surface area contributed by atoms with Crippen molar-refractivity contribution in [2.24, 2.45) is 10.9 Å². The molecule has 0 saturated carbocycles. The third-order valence-corrected chi connectivity index (χ3v) is 0.673. The Morgan fingerprint density at radius 3 is 2.55 bits per heavy atom. The maximum Gasteiger partial charge on any atom is 0.425 e. The first-order chi connectivity index (χ1) is 5.06. The highest BCUT2D eigenvalue weighted by Gasteiger charge is 2.28. The topological polar surface area (TPSA) is 47.6 Å². The first kappa shape index (κ1) is 10.2. The average molecular weight is 170 g/mol. The number of hydrogen-bond acceptors (Lipinski definition) is 3. The van der Waals surface area contributed by atoms with E-state index in [4.69, 9.17) is 5.73 Å². The highest BCUT2D eigenvalue weighted by molar-refractivity contribution is 5.56. The molecule has 0 aliphatic carbocycles. The van der Waals surface area contributed by atoms with Gasteiger partial charge in [-0.3, -0.25) is 0 Å². The quantitative estimate of drug-likeness (QED) is 0.503. The lowest BCUT2D eigenvalue weighted by Gasteiger charge is -2.02. The zero-order chi connectivity index (χ0) is 8.74. The molecule has 0 saturated heterocycles. The van der Waals surface area contributed by atoms with Crippen molar-refractivity contribution in [2.45, 2.75) is 12.6 Å². The summed E-state index contributed by atoms with van der Waals surface area (Å²) < 4.78 is 34.0. The summed E-state index contributed by atoms with van der Waals surface area (Å²) in [4.78, 5) is 3.89. The van der Waals surface area contributed by atoms with Crippen LogP contribution in [-0.4, -0.2) is 25.5 Å². The Kier molecular flexibility index (Phi) is 4.60. The maximum absolute atomic E-state index is 11.3. The van der Waals surface area contributed by atoms with E-state index in [0.717, 1.165) is 0 Å². The van der Waals surface area contributed by atoms with E-state index in [0.29, 0.717) is 13.0 Å². The van der Waals surface area contributed by atoms with E-state index in [-0.39, 0.29) is 0 Å². The van der Waals surface area contributed by atoms with Gasteiger partial charge in [-0.25, -0.2) is 0 Å². The molecule has 0 aromatic rings. The summed E-state index contributed by atoms with van der Waals surface area (Å²) >= 11 is 0. The van der Waals surface area contributed by atoms with E-state index in [1.165, 1.54) is 6.21 Å². The molecular weight excluding hydrogens is 161 g/mol. The molecule has 0 unspecified atom stereocenters. The first-order valence-electron chi connectivity index (χ1n) is 2.97. The number of alkyl halides is 3. The fourth-order valence-electron chi connectivity index (χ4n) is 0.290. The van der Waals surface area contributed by atoms with Crippen molar-refractivity contribution >= 4 is 6.21 Å². The Hall–Kier alpha value is -0.780. The minimum Gasteiger partial charge on any atom is -0.386 e. The third-order valence-electron chi connectivity index (χ3n) is 0.673. The van der Waals surface area contributed by atoms with E-state index in [1.54, 1.807) is 0 Å². The second-order valence-electron chi connectivity index (χ2n) is 1.75. The lowest BCUT2D eigenvalue weighted by Crippen LogP contribution is -2.14. The van der Waals surface area contributed by atoms with Crippen LogP contribution in [0.2, 0.25) is 0 Å². The summed E-state index contributed by atoms with van der Waals surface area (Å²) in [6.45, 7) is -1.01. The van der Waals surface area contributed by atoms with Gasteiger partial charge in [-0.05, 0) is 13.0 Å². The Balaban J connectivity index is 3.27. The lowest BCUT2D eigenvalue weighted by atomic mass is 10.5. The van der Waals surface area contributed by atoms with Gasteiger partial charge in [0.05, 0.1) is 0 Å². The molecule has 11 heavy (non-hydrogen) atoms. The van der Waals surface area contributed by atoms with Crippen molar-refractivity contribution in [3.05, 3.63) is 0 Å². The molecule has 0 radical (unpaired) electrons. The van der Waals surface area contributed by atoms with Crippen molar-refractivity contribution in [1.82, 2.24) is 0 Å². The molecule has 0 rings (SSSR count). The van der Waals surface area contributed by atoms with Gasteiger partial charge in [-0.2, -0.15) is 13.2 Å². The molecule has 3 nitrogen and oxygen atoms in total. The van der Waals surface area contributed by atoms with Crippen LogP contribution in [0.25, 0.3) is 0 Å². The summed E-state index contributed by atoms with van der Waals surface area (Å²) in [5.74, 6) is 0. The van der Waals surface area contributed by atoms with Crippen LogP contribution in [0, 0.1) is 0 Å². The van der Waals surface area contributed by atoms with Crippen molar-refractivity contribution in [1.29, 1.82) is 0 Å². The van der Waals surface area contributed by atoms with Gasteiger partial charge in [-0.1, -0.05) is 5.16 Å². The van der Waals surface area contributed by atoms with Gasteiger partial charge in [0.2, 0.25) is 6.61 Å². The van der Waals surface area contributed by atoms with Gasteiger partial charge >= 0.3 is 6.18 Å². The van der Waals surface area contributed by atoms with Crippen molar-refractivity contribution < 1.29 is 18.0 Å². The smallest absolute Gasteiger partial charge is 0.386 e. The van der Waals surface area contributed by atoms with Gasteiger partial charge < -0.3 is 10.6 Å². The van der Waals surface area contributed by atoms with Gasteiger partial charge in [0.1, 0.15) is 0 Å². The Morgan fingerprint density at radius 2 is 2.09 bits per heavy atom. The molecule has 0 spiro atoms. The van der Waals surface area contributed by atoms with Crippen molar-refractivity contribution in [2.75, 3.05) is 13.2 Å². The Morgan fingerprint density at radius 1 is 1.45 bits per heavy atom. The Bertz CT molecular complexity index is 123. The predicted molar refractivity (Wildman–Crippen MR) is 34.2 cm³/mol. The number of rotatable bonds is 4. The molecule has 6 heteroatoms.